The van der Waals surface area contributed by atoms with Crippen molar-refractivity contribution in [3.63, 3.8) is 0 Å². The van der Waals surface area contributed by atoms with Gasteiger partial charge in [0.25, 0.3) is 0 Å². The van der Waals surface area contributed by atoms with Gasteiger partial charge in [-0.3, -0.25) is 4.68 Å². The Bertz CT molecular complexity index is 591. The summed E-state index contributed by atoms with van der Waals surface area (Å²) in [6.07, 6.45) is 2.35. The van der Waals surface area contributed by atoms with Crippen molar-refractivity contribution >= 4 is 26.8 Å². The first-order chi connectivity index (χ1) is 9.65. The molecule has 0 radical (unpaired) electrons. The van der Waals surface area contributed by atoms with Crippen LogP contribution >= 0.6 is 15.9 Å². The Balaban J connectivity index is 0.000000704. The van der Waals surface area contributed by atoms with E-state index < -0.39 is 0 Å². The minimum atomic E-state index is -0.226. The fourth-order valence-corrected chi connectivity index (χ4v) is 2.94. The van der Waals surface area contributed by atoms with Gasteiger partial charge in [-0.1, -0.05) is 29.8 Å². The van der Waals surface area contributed by atoms with E-state index in [1.165, 1.54) is 6.07 Å². The molecule has 1 saturated heterocycles. The molecule has 0 amide bonds. The van der Waals surface area contributed by atoms with E-state index in [0.717, 1.165) is 35.1 Å². The van der Waals surface area contributed by atoms with Crippen LogP contribution in [0.2, 0.25) is 0 Å². The van der Waals surface area contributed by atoms with Crippen molar-refractivity contribution in [3.05, 3.63) is 28.1 Å². The zero-order valence-corrected chi connectivity index (χ0v) is 13.7. The van der Waals surface area contributed by atoms with Gasteiger partial charge in [0.2, 0.25) is 0 Å². The number of aryl methyl sites for hydroxylation is 1. The highest BCUT2D eigenvalue weighted by atomic mass is 79.9. The van der Waals surface area contributed by atoms with E-state index in [1.807, 2.05) is 31.5 Å². The van der Waals surface area contributed by atoms with E-state index in [4.69, 9.17) is 4.74 Å². The van der Waals surface area contributed by atoms with Gasteiger partial charge in [0.15, 0.2) is 0 Å². The standard InChI is InChI=1S/C13H14BrFN2O.C2H6/c1-8-13-11(15)5-9(14)6-12(13)17(16-8)7-10-3-2-4-18-10;1-2/h5-6,10H,2-4,7H2,1H3;1-2H3. The van der Waals surface area contributed by atoms with Gasteiger partial charge >= 0.3 is 0 Å². The van der Waals surface area contributed by atoms with Crippen LogP contribution in [0.15, 0.2) is 16.6 Å². The van der Waals surface area contributed by atoms with Crippen LogP contribution < -0.4 is 0 Å². The molecule has 1 aliphatic rings. The fraction of sp³-hybridized carbons (Fsp3) is 0.533. The van der Waals surface area contributed by atoms with Crippen molar-refractivity contribution in [3.8, 4) is 0 Å². The number of benzene rings is 1. The molecule has 5 heteroatoms. The molecule has 0 N–H and O–H groups in total. The highest BCUT2D eigenvalue weighted by Crippen LogP contribution is 2.27. The molecule has 3 nitrogen and oxygen atoms in total. The largest absolute Gasteiger partial charge is 0.376 e. The Hall–Kier alpha value is -0.940. The summed E-state index contributed by atoms with van der Waals surface area (Å²) in [6.45, 7) is 7.35. The molecule has 0 saturated carbocycles. The lowest BCUT2D eigenvalue weighted by molar-refractivity contribution is 0.0950. The minimum absolute atomic E-state index is 0.203. The second-order valence-corrected chi connectivity index (χ2v) is 5.60. The van der Waals surface area contributed by atoms with Crippen molar-refractivity contribution in [2.24, 2.45) is 0 Å². The minimum Gasteiger partial charge on any atom is -0.376 e. The molecule has 1 aliphatic heterocycles. The number of nitrogens with zero attached hydrogens (tertiary/aromatic N) is 2. The molecule has 1 aromatic heterocycles. The SMILES string of the molecule is CC.Cc1nn(CC2CCCO2)c2cc(Br)cc(F)c12. The Labute approximate surface area is 127 Å². The van der Waals surface area contributed by atoms with Crippen LogP contribution in [-0.2, 0) is 11.3 Å². The second kappa shape index (κ2) is 6.68. The van der Waals surface area contributed by atoms with Crippen LogP contribution in [0.4, 0.5) is 4.39 Å². The van der Waals surface area contributed by atoms with Gasteiger partial charge in [-0.05, 0) is 31.9 Å². The average molecular weight is 343 g/mol. The normalized spacial score (nSPS) is 18.1. The number of ether oxygens (including phenoxy) is 1. The van der Waals surface area contributed by atoms with Gasteiger partial charge in [0.1, 0.15) is 5.82 Å². The molecule has 0 spiro atoms. The molecule has 1 fully saturated rings. The molecule has 1 atom stereocenters. The van der Waals surface area contributed by atoms with E-state index in [9.17, 15) is 4.39 Å². The lowest BCUT2D eigenvalue weighted by atomic mass is 10.2. The molecule has 2 heterocycles. The Morgan fingerprint density at radius 1 is 1.45 bits per heavy atom. The van der Waals surface area contributed by atoms with E-state index >= 15 is 0 Å². The van der Waals surface area contributed by atoms with Gasteiger partial charge in [-0.25, -0.2) is 4.39 Å². The molecule has 3 rings (SSSR count). The van der Waals surface area contributed by atoms with Crippen molar-refractivity contribution in [2.75, 3.05) is 6.61 Å². The molecule has 1 unspecified atom stereocenters. The summed E-state index contributed by atoms with van der Waals surface area (Å²) in [5.41, 5.74) is 1.56. The van der Waals surface area contributed by atoms with Gasteiger partial charge in [0.05, 0.1) is 29.2 Å². The van der Waals surface area contributed by atoms with Crippen molar-refractivity contribution in [1.82, 2.24) is 9.78 Å². The molecule has 2 aromatic rings. The molecular formula is C15H20BrFN2O. The molecular weight excluding hydrogens is 323 g/mol. The predicted molar refractivity (Wildman–Crippen MR) is 82.5 cm³/mol. The van der Waals surface area contributed by atoms with Crippen LogP contribution in [0.5, 0.6) is 0 Å². The number of hydrogen-bond acceptors (Lipinski definition) is 2. The van der Waals surface area contributed by atoms with Gasteiger partial charge in [-0.2, -0.15) is 5.10 Å². The zero-order valence-electron chi connectivity index (χ0n) is 12.1. The Morgan fingerprint density at radius 3 is 2.85 bits per heavy atom. The number of rotatable bonds is 2. The Morgan fingerprint density at radius 2 is 2.20 bits per heavy atom. The van der Waals surface area contributed by atoms with Crippen LogP contribution in [0, 0.1) is 12.7 Å². The van der Waals surface area contributed by atoms with Crippen LogP contribution in [0.3, 0.4) is 0 Å². The number of aromatic nitrogens is 2. The van der Waals surface area contributed by atoms with Crippen molar-refractivity contribution in [2.45, 2.75) is 46.3 Å². The number of hydrogen-bond donors (Lipinski definition) is 0. The van der Waals surface area contributed by atoms with Crippen LogP contribution in [-0.4, -0.2) is 22.5 Å². The topological polar surface area (TPSA) is 27.1 Å². The third-order valence-electron chi connectivity index (χ3n) is 3.35. The van der Waals surface area contributed by atoms with E-state index in [2.05, 4.69) is 21.0 Å². The lowest BCUT2D eigenvalue weighted by Crippen LogP contribution is -2.15. The highest BCUT2D eigenvalue weighted by molar-refractivity contribution is 9.10. The van der Waals surface area contributed by atoms with E-state index in [-0.39, 0.29) is 11.9 Å². The third-order valence-corrected chi connectivity index (χ3v) is 3.80. The predicted octanol–water partition coefficient (Wildman–Crippen LogP) is 4.45. The summed E-state index contributed by atoms with van der Waals surface area (Å²) < 4.78 is 22.1. The molecule has 20 heavy (non-hydrogen) atoms. The molecule has 0 aliphatic carbocycles. The fourth-order valence-electron chi connectivity index (χ4n) is 2.53. The van der Waals surface area contributed by atoms with E-state index in [0.29, 0.717) is 11.9 Å². The zero-order chi connectivity index (χ0) is 14.7. The van der Waals surface area contributed by atoms with Crippen LogP contribution in [0.25, 0.3) is 10.9 Å². The Kier molecular flexibility index (Phi) is 5.16. The first-order valence-electron chi connectivity index (χ1n) is 7.09. The highest BCUT2D eigenvalue weighted by Gasteiger charge is 2.19. The maximum Gasteiger partial charge on any atom is 0.135 e. The van der Waals surface area contributed by atoms with Gasteiger partial charge < -0.3 is 4.74 Å². The first-order valence-corrected chi connectivity index (χ1v) is 7.88. The second-order valence-electron chi connectivity index (χ2n) is 4.68. The van der Waals surface area contributed by atoms with Crippen LogP contribution in [0.1, 0.15) is 32.4 Å². The van der Waals surface area contributed by atoms with Gasteiger partial charge in [0, 0.05) is 11.1 Å². The summed E-state index contributed by atoms with van der Waals surface area (Å²) in [7, 11) is 0. The summed E-state index contributed by atoms with van der Waals surface area (Å²) in [4.78, 5) is 0. The summed E-state index contributed by atoms with van der Waals surface area (Å²) in [6, 6.07) is 3.39. The number of fused-ring (bicyclic) bond motifs is 1. The third kappa shape index (κ3) is 3.04. The lowest BCUT2D eigenvalue weighted by Gasteiger charge is -2.10. The first kappa shape index (κ1) is 15.4. The molecule has 1 aromatic carbocycles. The maximum absolute atomic E-state index is 13.9. The van der Waals surface area contributed by atoms with Crippen molar-refractivity contribution < 1.29 is 9.13 Å². The molecule has 0 bridgehead atoms. The monoisotopic (exact) mass is 342 g/mol. The number of halogens is 2. The summed E-state index contributed by atoms with van der Waals surface area (Å²) >= 11 is 3.33. The van der Waals surface area contributed by atoms with Crippen molar-refractivity contribution in [1.29, 1.82) is 0 Å². The quantitative estimate of drug-likeness (QED) is 0.805. The average Bonchev–Trinajstić information content (AvgIpc) is 3.01. The molecule has 110 valence electrons. The smallest absolute Gasteiger partial charge is 0.135 e. The van der Waals surface area contributed by atoms with E-state index in [1.54, 1.807) is 0 Å². The summed E-state index contributed by atoms with van der Waals surface area (Å²) in [5, 5.41) is 5.04. The maximum atomic E-state index is 13.9. The summed E-state index contributed by atoms with van der Waals surface area (Å²) in [5.74, 6) is -0.226. The van der Waals surface area contributed by atoms with Gasteiger partial charge in [-0.15, -0.1) is 0 Å².